The number of hydrogen-bond acceptors (Lipinski definition) is 3. The van der Waals surface area contributed by atoms with Crippen molar-refractivity contribution in [1.82, 2.24) is 10.2 Å². The highest BCUT2D eigenvalue weighted by Gasteiger charge is 2.38. The molecule has 2 atom stereocenters. The zero-order valence-corrected chi connectivity index (χ0v) is 12.6. The van der Waals surface area contributed by atoms with Gasteiger partial charge in [0.2, 0.25) is 0 Å². The summed E-state index contributed by atoms with van der Waals surface area (Å²) in [6, 6.07) is 0.577. The van der Waals surface area contributed by atoms with E-state index in [4.69, 9.17) is 4.74 Å². The van der Waals surface area contributed by atoms with Crippen LogP contribution >= 0.6 is 0 Å². The Morgan fingerprint density at radius 2 is 2.00 bits per heavy atom. The summed E-state index contributed by atoms with van der Waals surface area (Å²) in [7, 11) is 1.80. The molecular formula is C14H30N2O. The minimum atomic E-state index is 0.204. The topological polar surface area (TPSA) is 24.5 Å². The van der Waals surface area contributed by atoms with Gasteiger partial charge in [-0.2, -0.15) is 0 Å². The Bertz CT molecular complexity index is 245. The first-order chi connectivity index (χ1) is 7.65. The van der Waals surface area contributed by atoms with Crippen LogP contribution in [0, 0.1) is 5.41 Å². The highest BCUT2D eigenvalue weighted by Crippen LogP contribution is 2.28. The number of ether oxygens (including phenoxy) is 1. The largest absolute Gasteiger partial charge is 0.380 e. The summed E-state index contributed by atoms with van der Waals surface area (Å²) < 4.78 is 5.42. The van der Waals surface area contributed by atoms with E-state index in [1.807, 2.05) is 0 Å². The zero-order valence-electron chi connectivity index (χ0n) is 12.6. The van der Waals surface area contributed by atoms with Gasteiger partial charge in [0.05, 0.1) is 6.10 Å². The van der Waals surface area contributed by atoms with E-state index in [2.05, 4.69) is 51.8 Å². The van der Waals surface area contributed by atoms with Crippen LogP contribution in [0.2, 0.25) is 0 Å². The Kier molecular flexibility index (Phi) is 4.61. The van der Waals surface area contributed by atoms with Gasteiger partial charge in [0.1, 0.15) is 0 Å². The van der Waals surface area contributed by atoms with Crippen molar-refractivity contribution in [2.75, 3.05) is 26.7 Å². The van der Waals surface area contributed by atoms with Crippen molar-refractivity contribution in [3.05, 3.63) is 0 Å². The highest BCUT2D eigenvalue weighted by molar-refractivity contribution is 4.96. The molecule has 0 radical (unpaired) electrons. The van der Waals surface area contributed by atoms with Crippen LogP contribution in [0.25, 0.3) is 0 Å². The van der Waals surface area contributed by atoms with Crippen LogP contribution in [0.1, 0.15) is 41.5 Å². The van der Waals surface area contributed by atoms with E-state index in [9.17, 15) is 0 Å². The first-order valence-electron chi connectivity index (χ1n) is 6.67. The summed E-state index contributed by atoms with van der Waals surface area (Å²) in [6.45, 7) is 16.8. The molecule has 1 aliphatic rings. The number of rotatable bonds is 3. The Morgan fingerprint density at radius 1 is 1.41 bits per heavy atom. The molecule has 0 aromatic rings. The fraction of sp³-hybridized carbons (Fsp3) is 1.00. The van der Waals surface area contributed by atoms with Gasteiger partial charge in [0, 0.05) is 38.3 Å². The molecule has 2 unspecified atom stereocenters. The second-order valence-corrected chi connectivity index (χ2v) is 7.12. The Morgan fingerprint density at radius 3 is 2.47 bits per heavy atom. The predicted octanol–water partition coefficient (Wildman–Crippen LogP) is 2.12. The van der Waals surface area contributed by atoms with Crippen molar-refractivity contribution < 1.29 is 4.74 Å². The fourth-order valence-corrected chi connectivity index (χ4v) is 2.63. The van der Waals surface area contributed by atoms with Crippen molar-refractivity contribution in [2.45, 2.75) is 59.2 Å². The lowest BCUT2D eigenvalue weighted by Gasteiger charge is -2.50. The third kappa shape index (κ3) is 4.23. The van der Waals surface area contributed by atoms with Crippen molar-refractivity contribution in [2.24, 2.45) is 5.41 Å². The number of hydrogen-bond donors (Lipinski definition) is 1. The molecule has 1 saturated heterocycles. The summed E-state index contributed by atoms with van der Waals surface area (Å²) in [4.78, 5) is 2.59. The van der Waals surface area contributed by atoms with Gasteiger partial charge in [-0.1, -0.05) is 20.8 Å². The van der Waals surface area contributed by atoms with Crippen molar-refractivity contribution in [3.8, 4) is 0 Å². The summed E-state index contributed by atoms with van der Waals surface area (Å²) in [5.41, 5.74) is 0.506. The molecule has 0 aromatic heterocycles. The van der Waals surface area contributed by atoms with E-state index in [1.165, 1.54) is 0 Å². The standard InChI is InChI=1S/C14H30N2O/c1-11(17-7)9-16-10-14(5,6)15-8-12(16)13(2,3)4/h11-12,15H,8-10H2,1-7H3. The molecule has 1 heterocycles. The zero-order chi connectivity index (χ0) is 13.3. The lowest BCUT2D eigenvalue weighted by atomic mass is 9.82. The molecule has 3 nitrogen and oxygen atoms in total. The van der Waals surface area contributed by atoms with E-state index in [0.717, 1.165) is 19.6 Å². The van der Waals surface area contributed by atoms with Crippen molar-refractivity contribution in [1.29, 1.82) is 0 Å². The molecule has 1 fully saturated rings. The molecular weight excluding hydrogens is 212 g/mol. The van der Waals surface area contributed by atoms with E-state index in [0.29, 0.717) is 17.6 Å². The first-order valence-corrected chi connectivity index (χ1v) is 6.67. The van der Waals surface area contributed by atoms with Gasteiger partial charge in [0.15, 0.2) is 0 Å². The van der Waals surface area contributed by atoms with Crippen LogP contribution in [-0.4, -0.2) is 49.3 Å². The van der Waals surface area contributed by atoms with Gasteiger partial charge < -0.3 is 10.1 Å². The molecule has 0 spiro atoms. The first kappa shape index (κ1) is 14.9. The smallest absolute Gasteiger partial charge is 0.0670 e. The summed E-state index contributed by atoms with van der Waals surface area (Å²) >= 11 is 0. The van der Waals surface area contributed by atoms with Crippen LogP contribution in [0.5, 0.6) is 0 Å². The second kappa shape index (κ2) is 5.25. The minimum Gasteiger partial charge on any atom is -0.380 e. The van der Waals surface area contributed by atoms with Gasteiger partial charge in [-0.3, -0.25) is 4.90 Å². The lowest BCUT2D eigenvalue weighted by molar-refractivity contribution is -0.00692. The van der Waals surface area contributed by atoms with Crippen molar-refractivity contribution in [3.63, 3.8) is 0 Å². The molecule has 1 N–H and O–H groups in total. The quantitative estimate of drug-likeness (QED) is 0.820. The molecule has 0 saturated carbocycles. The van der Waals surface area contributed by atoms with E-state index >= 15 is 0 Å². The van der Waals surface area contributed by atoms with Crippen LogP contribution in [-0.2, 0) is 4.74 Å². The van der Waals surface area contributed by atoms with Gasteiger partial charge in [0.25, 0.3) is 0 Å². The monoisotopic (exact) mass is 242 g/mol. The van der Waals surface area contributed by atoms with E-state index in [1.54, 1.807) is 7.11 Å². The maximum absolute atomic E-state index is 5.42. The SMILES string of the molecule is COC(C)CN1CC(C)(C)NCC1C(C)(C)C. The average molecular weight is 242 g/mol. The normalized spacial score (nSPS) is 28.1. The molecule has 1 aliphatic heterocycles. The molecule has 0 aliphatic carbocycles. The van der Waals surface area contributed by atoms with Crippen LogP contribution in [0.15, 0.2) is 0 Å². The molecule has 102 valence electrons. The second-order valence-electron chi connectivity index (χ2n) is 7.12. The van der Waals surface area contributed by atoms with Gasteiger partial charge in [-0.05, 0) is 26.2 Å². The van der Waals surface area contributed by atoms with Gasteiger partial charge >= 0.3 is 0 Å². The number of methoxy groups -OCH3 is 1. The molecule has 17 heavy (non-hydrogen) atoms. The summed E-state index contributed by atoms with van der Waals surface area (Å²) in [5, 5.41) is 3.65. The maximum atomic E-state index is 5.42. The molecule has 3 heteroatoms. The van der Waals surface area contributed by atoms with Crippen molar-refractivity contribution >= 4 is 0 Å². The van der Waals surface area contributed by atoms with Crippen LogP contribution < -0.4 is 5.32 Å². The predicted molar refractivity (Wildman–Crippen MR) is 73.4 cm³/mol. The van der Waals surface area contributed by atoms with Crippen LogP contribution in [0.3, 0.4) is 0 Å². The lowest BCUT2D eigenvalue weighted by Crippen LogP contribution is -2.65. The van der Waals surface area contributed by atoms with E-state index < -0.39 is 0 Å². The maximum Gasteiger partial charge on any atom is 0.0670 e. The number of nitrogens with one attached hydrogen (secondary N) is 1. The third-order valence-corrected chi connectivity index (χ3v) is 3.71. The Labute approximate surface area is 107 Å². The van der Waals surface area contributed by atoms with Gasteiger partial charge in [-0.25, -0.2) is 0 Å². The number of nitrogens with zero attached hydrogens (tertiary/aromatic N) is 1. The van der Waals surface area contributed by atoms with E-state index in [-0.39, 0.29) is 5.54 Å². The molecule has 0 aromatic carbocycles. The minimum absolute atomic E-state index is 0.204. The average Bonchev–Trinajstić information content (AvgIpc) is 2.14. The number of piperazine rings is 1. The molecule has 0 bridgehead atoms. The summed E-state index contributed by atoms with van der Waals surface area (Å²) in [6.07, 6.45) is 0.300. The van der Waals surface area contributed by atoms with Gasteiger partial charge in [-0.15, -0.1) is 0 Å². The summed E-state index contributed by atoms with van der Waals surface area (Å²) in [5.74, 6) is 0. The van der Waals surface area contributed by atoms with Crippen LogP contribution in [0.4, 0.5) is 0 Å². The Balaban J connectivity index is 2.75. The Hall–Kier alpha value is -0.120. The highest BCUT2D eigenvalue weighted by atomic mass is 16.5. The fourth-order valence-electron chi connectivity index (χ4n) is 2.63. The molecule has 1 rings (SSSR count). The molecule has 0 amide bonds. The third-order valence-electron chi connectivity index (χ3n) is 3.71.